The average molecular weight is 296 g/mol. The predicted octanol–water partition coefficient (Wildman–Crippen LogP) is 3.19. The minimum atomic E-state index is 0.692. The Labute approximate surface area is 124 Å². The van der Waals surface area contributed by atoms with Gasteiger partial charge in [-0.15, -0.1) is 0 Å². The Hall–Kier alpha value is -0.840. The van der Waals surface area contributed by atoms with E-state index in [0.29, 0.717) is 6.04 Å². The van der Waals surface area contributed by atoms with E-state index < -0.39 is 0 Å². The lowest BCUT2D eigenvalue weighted by molar-refractivity contribution is 0.188. The molecular formula is C14H18ClN3S. The van der Waals surface area contributed by atoms with Gasteiger partial charge in [0.1, 0.15) is 0 Å². The van der Waals surface area contributed by atoms with Gasteiger partial charge in [0.15, 0.2) is 5.11 Å². The molecule has 0 unspecified atom stereocenters. The lowest BCUT2D eigenvalue weighted by atomic mass is 10.2. The lowest BCUT2D eigenvalue weighted by Gasteiger charge is -2.40. The van der Waals surface area contributed by atoms with Gasteiger partial charge in [0.2, 0.25) is 0 Å². The van der Waals surface area contributed by atoms with E-state index in [-0.39, 0.29) is 0 Å². The van der Waals surface area contributed by atoms with Gasteiger partial charge < -0.3 is 10.2 Å². The number of thiocarbonyl (C=S) groups is 1. The monoisotopic (exact) mass is 295 g/mol. The van der Waals surface area contributed by atoms with E-state index in [1.807, 2.05) is 18.2 Å². The molecule has 1 aliphatic carbocycles. The fraction of sp³-hybridized carbons (Fsp3) is 0.500. The molecule has 0 atom stereocenters. The first-order chi connectivity index (χ1) is 9.24. The fourth-order valence-electron chi connectivity index (χ4n) is 2.92. The summed E-state index contributed by atoms with van der Waals surface area (Å²) in [7, 11) is 0. The Kier molecular flexibility index (Phi) is 3.91. The van der Waals surface area contributed by atoms with Crippen molar-refractivity contribution in [2.24, 2.45) is 0 Å². The number of benzene rings is 1. The predicted molar refractivity (Wildman–Crippen MR) is 83.5 cm³/mol. The molecule has 3 nitrogen and oxygen atoms in total. The van der Waals surface area contributed by atoms with Crippen LogP contribution in [0.2, 0.25) is 5.02 Å². The molecule has 1 N–H and O–H groups in total. The number of nitrogens with one attached hydrogen (secondary N) is 1. The van der Waals surface area contributed by atoms with Crippen molar-refractivity contribution in [1.82, 2.24) is 10.2 Å². The number of hydrogen-bond acceptors (Lipinski definition) is 2. The van der Waals surface area contributed by atoms with Crippen LogP contribution in [0.1, 0.15) is 25.7 Å². The second kappa shape index (κ2) is 5.65. The molecule has 19 heavy (non-hydrogen) atoms. The molecule has 1 aromatic carbocycles. The van der Waals surface area contributed by atoms with Gasteiger partial charge >= 0.3 is 0 Å². The summed E-state index contributed by atoms with van der Waals surface area (Å²) in [4.78, 5) is 4.60. The maximum Gasteiger partial charge on any atom is 0.175 e. The first kappa shape index (κ1) is 13.2. The average Bonchev–Trinajstić information content (AvgIpc) is 2.93. The van der Waals surface area contributed by atoms with Crippen molar-refractivity contribution in [3.63, 3.8) is 0 Å². The summed E-state index contributed by atoms with van der Waals surface area (Å²) in [6.07, 6.45) is 5.31. The van der Waals surface area contributed by atoms with Gasteiger partial charge in [-0.2, -0.15) is 0 Å². The Morgan fingerprint density at radius 3 is 2.79 bits per heavy atom. The van der Waals surface area contributed by atoms with Crippen LogP contribution in [0.5, 0.6) is 0 Å². The molecule has 0 aromatic heterocycles. The second-order valence-corrected chi connectivity index (χ2v) is 6.04. The summed E-state index contributed by atoms with van der Waals surface area (Å²) in [5.41, 5.74) is 1.06. The van der Waals surface area contributed by atoms with Crippen molar-refractivity contribution in [1.29, 1.82) is 0 Å². The fourth-order valence-corrected chi connectivity index (χ4v) is 3.33. The molecule has 102 valence electrons. The minimum absolute atomic E-state index is 0.692. The van der Waals surface area contributed by atoms with Crippen LogP contribution in [0.15, 0.2) is 24.3 Å². The molecule has 1 saturated carbocycles. The molecule has 2 aliphatic rings. The molecule has 0 radical (unpaired) electrons. The Morgan fingerprint density at radius 2 is 2.05 bits per heavy atom. The molecule has 1 heterocycles. The molecule has 1 aromatic rings. The highest BCUT2D eigenvalue weighted by Crippen LogP contribution is 2.27. The van der Waals surface area contributed by atoms with E-state index >= 15 is 0 Å². The number of halogens is 1. The van der Waals surface area contributed by atoms with Crippen LogP contribution >= 0.6 is 23.8 Å². The SMILES string of the molecule is S=C1NCN(C2CCCC2)CN1c1cccc(Cl)c1. The molecule has 3 rings (SSSR count). The summed E-state index contributed by atoms with van der Waals surface area (Å²) >= 11 is 11.5. The smallest absolute Gasteiger partial charge is 0.175 e. The quantitative estimate of drug-likeness (QED) is 0.844. The van der Waals surface area contributed by atoms with E-state index in [1.54, 1.807) is 0 Å². The molecule has 0 spiro atoms. The van der Waals surface area contributed by atoms with Crippen LogP contribution in [0.25, 0.3) is 0 Å². The molecule has 5 heteroatoms. The maximum atomic E-state index is 6.07. The lowest BCUT2D eigenvalue weighted by Crippen LogP contribution is -2.58. The summed E-state index contributed by atoms with van der Waals surface area (Å²) < 4.78 is 0. The number of hydrogen-bond donors (Lipinski definition) is 1. The van der Waals surface area contributed by atoms with Crippen molar-refractivity contribution < 1.29 is 0 Å². The number of anilines is 1. The Morgan fingerprint density at radius 1 is 1.26 bits per heavy atom. The standard InChI is InChI=1S/C14H18ClN3S/c15-11-4-3-7-13(8-11)18-10-17(9-16-14(18)19)12-5-1-2-6-12/h3-4,7-8,12H,1-2,5-6,9-10H2,(H,16,19). The first-order valence-electron chi connectivity index (χ1n) is 6.79. The minimum Gasteiger partial charge on any atom is -0.349 e. The van der Waals surface area contributed by atoms with Gasteiger partial charge in [0.25, 0.3) is 0 Å². The summed E-state index contributed by atoms with van der Waals surface area (Å²) in [5.74, 6) is 0. The van der Waals surface area contributed by atoms with E-state index in [2.05, 4.69) is 21.2 Å². The number of rotatable bonds is 2. The van der Waals surface area contributed by atoms with E-state index in [4.69, 9.17) is 23.8 Å². The Bertz CT molecular complexity index is 474. The first-order valence-corrected chi connectivity index (χ1v) is 7.57. The third kappa shape index (κ3) is 2.86. The summed E-state index contributed by atoms with van der Waals surface area (Å²) in [6.45, 7) is 1.72. The molecule has 0 bridgehead atoms. The largest absolute Gasteiger partial charge is 0.349 e. The van der Waals surface area contributed by atoms with Crippen molar-refractivity contribution >= 4 is 34.6 Å². The second-order valence-electron chi connectivity index (χ2n) is 5.22. The van der Waals surface area contributed by atoms with Crippen molar-refractivity contribution in [3.05, 3.63) is 29.3 Å². The van der Waals surface area contributed by atoms with Gasteiger partial charge in [-0.05, 0) is 43.3 Å². The summed E-state index contributed by atoms with van der Waals surface area (Å²) in [5, 5.41) is 4.85. The Balaban J connectivity index is 1.77. The highest BCUT2D eigenvalue weighted by atomic mass is 35.5. The van der Waals surface area contributed by atoms with Gasteiger partial charge in [0.05, 0.1) is 13.3 Å². The van der Waals surface area contributed by atoms with E-state index in [9.17, 15) is 0 Å². The van der Waals surface area contributed by atoms with Crippen LogP contribution in [-0.2, 0) is 0 Å². The maximum absolute atomic E-state index is 6.07. The summed E-state index contributed by atoms with van der Waals surface area (Å²) in [6, 6.07) is 8.57. The molecular weight excluding hydrogens is 278 g/mol. The molecule has 2 fully saturated rings. The molecule has 1 aliphatic heterocycles. The molecule has 1 saturated heterocycles. The number of nitrogens with zero attached hydrogens (tertiary/aromatic N) is 2. The normalized spacial score (nSPS) is 21.7. The van der Waals surface area contributed by atoms with Crippen LogP contribution < -0.4 is 10.2 Å². The zero-order valence-corrected chi connectivity index (χ0v) is 12.4. The zero-order valence-electron chi connectivity index (χ0n) is 10.8. The van der Waals surface area contributed by atoms with Crippen LogP contribution in [0.3, 0.4) is 0 Å². The van der Waals surface area contributed by atoms with Gasteiger partial charge in [-0.1, -0.05) is 30.5 Å². The van der Waals surface area contributed by atoms with Crippen molar-refractivity contribution in [2.75, 3.05) is 18.2 Å². The van der Waals surface area contributed by atoms with E-state index in [0.717, 1.165) is 29.2 Å². The third-order valence-electron chi connectivity index (χ3n) is 3.96. The highest BCUT2D eigenvalue weighted by molar-refractivity contribution is 7.80. The van der Waals surface area contributed by atoms with Gasteiger partial charge in [-0.25, -0.2) is 0 Å². The van der Waals surface area contributed by atoms with Crippen LogP contribution in [-0.4, -0.2) is 29.4 Å². The van der Waals surface area contributed by atoms with E-state index in [1.165, 1.54) is 25.7 Å². The van der Waals surface area contributed by atoms with Crippen LogP contribution in [0.4, 0.5) is 5.69 Å². The topological polar surface area (TPSA) is 18.5 Å². The highest BCUT2D eigenvalue weighted by Gasteiger charge is 2.28. The third-order valence-corrected chi connectivity index (χ3v) is 4.56. The molecule has 0 amide bonds. The van der Waals surface area contributed by atoms with Crippen LogP contribution in [0, 0.1) is 0 Å². The van der Waals surface area contributed by atoms with Crippen molar-refractivity contribution in [3.8, 4) is 0 Å². The van der Waals surface area contributed by atoms with Gasteiger partial charge in [-0.3, -0.25) is 4.90 Å². The van der Waals surface area contributed by atoms with Crippen molar-refractivity contribution in [2.45, 2.75) is 31.7 Å². The zero-order chi connectivity index (χ0) is 13.2. The van der Waals surface area contributed by atoms with Gasteiger partial charge in [0, 0.05) is 16.8 Å².